The highest BCUT2D eigenvalue weighted by Gasteiger charge is 2.23. The summed E-state index contributed by atoms with van der Waals surface area (Å²) in [7, 11) is 2.20. The molecule has 0 aliphatic carbocycles. The van der Waals surface area contributed by atoms with E-state index in [9.17, 15) is 0 Å². The van der Waals surface area contributed by atoms with Crippen molar-refractivity contribution in [2.45, 2.75) is 26.8 Å². The van der Waals surface area contributed by atoms with Crippen molar-refractivity contribution in [2.75, 3.05) is 25.0 Å². The Morgan fingerprint density at radius 3 is 2.07 bits per heavy atom. The van der Waals surface area contributed by atoms with Crippen LogP contribution >= 0.6 is 0 Å². The SMILES string of the molecule is Cc1cc(C)c(N(C)C2CNC2)c(C)c1. The highest BCUT2D eigenvalue weighted by molar-refractivity contribution is 5.60. The topological polar surface area (TPSA) is 15.3 Å². The first-order valence-corrected chi connectivity index (χ1v) is 5.61. The van der Waals surface area contributed by atoms with Crippen molar-refractivity contribution in [2.24, 2.45) is 0 Å². The van der Waals surface area contributed by atoms with E-state index in [0.29, 0.717) is 6.04 Å². The molecule has 0 spiro atoms. The fraction of sp³-hybridized carbons (Fsp3) is 0.538. The Balaban J connectivity index is 2.33. The standard InChI is InChI=1S/C13H20N2/c1-9-5-10(2)13(11(3)6-9)15(4)12-7-14-8-12/h5-6,12,14H,7-8H2,1-4H3. The van der Waals surface area contributed by atoms with Gasteiger partial charge in [-0.2, -0.15) is 0 Å². The maximum Gasteiger partial charge on any atom is 0.0535 e. The smallest absolute Gasteiger partial charge is 0.0535 e. The lowest BCUT2D eigenvalue weighted by Gasteiger charge is -2.38. The molecule has 2 rings (SSSR count). The van der Waals surface area contributed by atoms with E-state index in [1.165, 1.54) is 22.4 Å². The van der Waals surface area contributed by atoms with E-state index in [0.717, 1.165) is 13.1 Å². The van der Waals surface area contributed by atoms with Gasteiger partial charge in [-0.05, 0) is 31.9 Å². The normalized spacial score (nSPS) is 16.3. The second-order valence-electron chi connectivity index (χ2n) is 4.67. The largest absolute Gasteiger partial charge is 0.369 e. The third-order valence-corrected chi connectivity index (χ3v) is 3.30. The molecule has 1 aromatic rings. The van der Waals surface area contributed by atoms with E-state index in [4.69, 9.17) is 0 Å². The molecule has 0 amide bonds. The molecule has 1 aromatic carbocycles. The highest BCUT2D eigenvalue weighted by Crippen LogP contribution is 2.27. The van der Waals surface area contributed by atoms with Crippen molar-refractivity contribution in [3.8, 4) is 0 Å². The molecule has 0 radical (unpaired) electrons. The molecule has 2 nitrogen and oxygen atoms in total. The van der Waals surface area contributed by atoms with Crippen molar-refractivity contribution in [3.05, 3.63) is 28.8 Å². The minimum atomic E-state index is 0.671. The number of likely N-dealkylation sites (N-methyl/N-ethyl adjacent to an activating group) is 1. The number of nitrogens with zero attached hydrogens (tertiary/aromatic N) is 1. The van der Waals surface area contributed by atoms with Gasteiger partial charge in [0.25, 0.3) is 0 Å². The molecule has 0 atom stereocenters. The minimum absolute atomic E-state index is 0.671. The van der Waals surface area contributed by atoms with E-state index >= 15 is 0 Å². The summed E-state index contributed by atoms with van der Waals surface area (Å²) >= 11 is 0. The number of hydrogen-bond acceptors (Lipinski definition) is 2. The molecule has 0 aromatic heterocycles. The average Bonchev–Trinajstić information content (AvgIpc) is 1.97. The molecule has 0 saturated carbocycles. The molecule has 0 unspecified atom stereocenters. The Bertz CT molecular complexity index is 344. The zero-order chi connectivity index (χ0) is 11.0. The fourth-order valence-electron chi connectivity index (χ4n) is 2.46. The summed E-state index contributed by atoms with van der Waals surface area (Å²) in [5.74, 6) is 0. The lowest BCUT2D eigenvalue weighted by molar-refractivity contribution is 0.428. The Morgan fingerprint density at radius 2 is 1.67 bits per heavy atom. The summed E-state index contributed by atoms with van der Waals surface area (Å²) in [6.07, 6.45) is 0. The summed E-state index contributed by atoms with van der Waals surface area (Å²) < 4.78 is 0. The zero-order valence-corrected chi connectivity index (χ0v) is 10.1. The van der Waals surface area contributed by atoms with Crippen molar-refractivity contribution in [1.29, 1.82) is 0 Å². The predicted molar refractivity (Wildman–Crippen MR) is 65.7 cm³/mol. The molecule has 15 heavy (non-hydrogen) atoms. The van der Waals surface area contributed by atoms with E-state index in [-0.39, 0.29) is 0 Å². The van der Waals surface area contributed by atoms with Crippen molar-refractivity contribution in [1.82, 2.24) is 5.32 Å². The summed E-state index contributed by atoms with van der Waals surface area (Å²) in [5.41, 5.74) is 5.55. The molecule has 0 bridgehead atoms. The molecule has 82 valence electrons. The van der Waals surface area contributed by atoms with Crippen molar-refractivity contribution in [3.63, 3.8) is 0 Å². The summed E-state index contributed by atoms with van der Waals surface area (Å²) in [4.78, 5) is 2.42. The van der Waals surface area contributed by atoms with Gasteiger partial charge >= 0.3 is 0 Å². The Kier molecular flexibility index (Phi) is 2.70. The first-order valence-electron chi connectivity index (χ1n) is 5.61. The van der Waals surface area contributed by atoms with E-state index < -0.39 is 0 Å². The Labute approximate surface area is 92.3 Å². The van der Waals surface area contributed by atoms with Crippen LogP contribution in [0.2, 0.25) is 0 Å². The lowest BCUT2D eigenvalue weighted by atomic mass is 10.0. The number of nitrogens with one attached hydrogen (secondary N) is 1. The van der Waals surface area contributed by atoms with Crippen LogP contribution in [-0.4, -0.2) is 26.2 Å². The molecule has 1 aliphatic heterocycles. The van der Waals surface area contributed by atoms with Gasteiger partial charge < -0.3 is 10.2 Å². The second-order valence-corrected chi connectivity index (χ2v) is 4.67. The van der Waals surface area contributed by atoms with Gasteiger partial charge in [-0.3, -0.25) is 0 Å². The van der Waals surface area contributed by atoms with Crippen molar-refractivity contribution >= 4 is 5.69 Å². The Hall–Kier alpha value is -1.02. The quantitative estimate of drug-likeness (QED) is 0.793. The Morgan fingerprint density at radius 1 is 1.13 bits per heavy atom. The average molecular weight is 204 g/mol. The first kappa shape index (κ1) is 10.5. The first-order chi connectivity index (χ1) is 7.09. The predicted octanol–water partition coefficient (Wildman–Crippen LogP) is 2.02. The second kappa shape index (κ2) is 3.86. The molecule has 1 N–H and O–H groups in total. The van der Waals surface area contributed by atoms with E-state index in [1.807, 2.05) is 0 Å². The van der Waals surface area contributed by atoms with Crippen LogP contribution in [0.5, 0.6) is 0 Å². The summed E-state index contributed by atoms with van der Waals surface area (Å²) in [6, 6.07) is 5.21. The van der Waals surface area contributed by atoms with Gasteiger partial charge in [0.05, 0.1) is 6.04 Å². The van der Waals surface area contributed by atoms with Gasteiger partial charge in [0.1, 0.15) is 0 Å². The molecule has 1 fully saturated rings. The van der Waals surface area contributed by atoms with Crippen LogP contribution in [0.4, 0.5) is 5.69 Å². The number of hydrogen-bond donors (Lipinski definition) is 1. The third-order valence-electron chi connectivity index (χ3n) is 3.30. The van der Waals surface area contributed by atoms with Crippen LogP contribution in [-0.2, 0) is 0 Å². The van der Waals surface area contributed by atoms with E-state index in [1.54, 1.807) is 0 Å². The summed E-state index contributed by atoms with van der Waals surface area (Å²) in [6.45, 7) is 8.80. The maximum atomic E-state index is 3.32. The number of benzene rings is 1. The molecule has 1 aliphatic rings. The number of aryl methyl sites for hydroxylation is 3. The van der Waals surface area contributed by atoms with Crippen LogP contribution in [0.1, 0.15) is 16.7 Å². The minimum Gasteiger partial charge on any atom is -0.369 e. The number of rotatable bonds is 2. The monoisotopic (exact) mass is 204 g/mol. The van der Waals surface area contributed by atoms with Gasteiger partial charge in [-0.15, -0.1) is 0 Å². The van der Waals surface area contributed by atoms with E-state index in [2.05, 4.69) is 50.2 Å². The molecule has 1 heterocycles. The zero-order valence-electron chi connectivity index (χ0n) is 10.1. The van der Waals surface area contributed by atoms with Crippen LogP contribution < -0.4 is 10.2 Å². The molecular formula is C13H20N2. The van der Waals surface area contributed by atoms with Crippen LogP contribution in [0.25, 0.3) is 0 Å². The molecule has 1 saturated heterocycles. The van der Waals surface area contributed by atoms with Gasteiger partial charge in [0, 0.05) is 25.8 Å². The third kappa shape index (κ3) is 1.86. The van der Waals surface area contributed by atoms with Crippen LogP contribution in [0.15, 0.2) is 12.1 Å². The highest BCUT2D eigenvalue weighted by atomic mass is 15.2. The molecular weight excluding hydrogens is 184 g/mol. The lowest BCUT2D eigenvalue weighted by Crippen LogP contribution is -2.56. The number of anilines is 1. The molecule has 2 heteroatoms. The van der Waals surface area contributed by atoms with Gasteiger partial charge in [0.2, 0.25) is 0 Å². The van der Waals surface area contributed by atoms with Gasteiger partial charge in [0.15, 0.2) is 0 Å². The van der Waals surface area contributed by atoms with Gasteiger partial charge in [-0.1, -0.05) is 17.7 Å². The van der Waals surface area contributed by atoms with Crippen LogP contribution in [0.3, 0.4) is 0 Å². The fourth-order valence-corrected chi connectivity index (χ4v) is 2.46. The summed E-state index contributed by atoms with van der Waals surface area (Å²) in [5, 5.41) is 3.32. The van der Waals surface area contributed by atoms with Crippen molar-refractivity contribution < 1.29 is 0 Å². The van der Waals surface area contributed by atoms with Crippen LogP contribution in [0, 0.1) is 20.8 Å². The maximum absolute atomic E-state index is 3.32. The van der Waals surface area contributed by atoms with Gasteiger partial charge in [-0.25, -0.2) is 0 Å².